The minimum atomic E-state index is -1.07. The number of carbonyl (C=O) groups is 1. The van der Waals surface area contributed by atoms with Gasteiger partial charge in [-0.1, -0.05) is 49.4 Å². The summed E-state index contributed by atoms with van der Waals surface area (Å²) in [4.78, 5) is 17.5. The molecule has 0 unspecified atom stereocenters. The first kappa shape index (κ1) is 28.3. The standard InChI is InChI=1S/C30H34FN5O2/c1-4-24(21-9-6-5-7-10-21)29(22-12-14-26(32)25(19-22)30(31)33)23-13-15-27(35-20-23)38-18-17-34-16-8-11-28(37)36(2)3/h5-15,19-20,33-34H,4,16-18,32H2,1-3H3/b11-8+,29-24-,33-30?. The fourth-order valence-corrected chi connectivity index (χ4v) is 3.92. The number of benzene rings is 2. The van der Waals surface area contributed by atoms with E-state index in [1.807, 2.05) is 42.5 Å². The van der Waals surface area contributed by atoms with Crippen LogP contribution >= 0.6 is 0 Å². The van der Waals surface area contributed by atoms with E-state index >= 15 is 0 Å². The second kappa shape index (κ2) is 13.9. The molecule has 0 radical (unpaired) electrons. The fourth-order valence-electron chi connectivity index (χ4n) is 3.92. The van der Waals surface area contributed by atoms with Crippen molar-refractivity contribution >= 4 is 28.7 Å². The third-order valence-electron chi connectivity index (χ3n) is 5.87. The molecule has 1 heterocycles. The van der Waals surface area contributed by atoms with E-state index in [0.717, 1.165) is 34.3 Å². The smallest absolute Gasteiger partial charge is 0.245 e. The Hall–Kier alpha value is -4.30. The maximum atomic E-state index is 13.9. The Balaban J connectivity index is 1.81. The van der Waals surface area contributed by atoms with Gasteiger partial charge in [0.1, 0.15) is 6.61 Å². The third kappa shape index (κ3) is 7.60. The van der Waals surface area contributed by atoms with Gasteiger partial charge in [0.05, 0.1) is 5.56 Å². The molecular formula is C30H34FN5O2. The fraction of sp³-hybridized carbons (Fsp3) is 0.233. The number of rotatable bonds is 12. The summed E-state index contributed by atoms with van der Waals surface area (Å²) < 4.78 is 19.7. The Kier molecular flexibility index (Phi) is 10.3. The molecule has 0 saturated carbocycles. The van der Waals surface area contributed by atoms with Crippen LogP contribution in [0.5, 0.6) is 5.88 Å². The largest absolute Gasteiger partial charge is 0.476 e. The van der Waals surface area contributed by atoms with Crippen LogP contribution in [0.4, 0.5) is 10.1 Å². The van der Waals surface area contributed by atoms with E-state index < -0.39 is 5.97 Å². The maximum absolute atomic E-state index is 13.9. The molecule has 198 valence electrons. The van der Waals surface area contributed by atoms with Crippen molar-refractivity contribution < 1.29 is 13.9 Å². The Morgan fingerprint density at radius 3 is 2.47 bits per heavy atom. The lowest BCUT2D eigenvalue weighted by Gasteiger charge is -2.17. The third-order valence-corrected chi connectivity index (χ3v) is 5.87. The van der Waals surface area contributed by atoms with Crippen molar-refractivity contribution in [2.45, 2.75) is 13.3 Å². The highest BCUT2D eigenvalue weighted by atomic mass is 19.1. The molecule has 38 heavy (non-hydrogen) atoms. The number of pyridine rings is 1. The minimum absolute atomic E-state index is 0.0580. The summed E-state index contributed by atoms with van der Waals surface area (Å²) in [6.45, 7) is 3.63. The van der Waals surface area contributed by atoms with Gasteiger partial charge in [0.2, 0.25) is 17.8 Å². The van der Waals surface area contributed by atoms with Gasteiger partial charge in [-0.25, -0.2) is 4.98 Å². The number of nitrogens with two attached hydrogens (primary N) is 1. The number of nitrogen functional groups attached to an aromatic ring is 1. The van der Waals surface area contributed by atoms with E-state index in [1.54, 1.807) is 44.6 Å². The van der Waals surface area contributed by atoms with E-state index in [1.165, 1.54) is 11.0 Å². The summed E-state index contributed by atoms with van der Waals surface area (Å²) in [7, 11) is 3.41. The lowest BCUT2D eigenvalue weighted by Crippen LogP contribution is -2.22. The van der Waals surface area contributed by atoms with Gasteiger partial charge < -0.3 is 20.7 Å². The first-order valence-electron chi connectivity index (χ1n) is 12.4. The molecule has 1 aromatic heterocycles. The normalized spacial score (nSPS) is 11.8. The molecule has 2 aromatic carbocycles. The zero-order valence-electron chi connectivity index (χ0n) is 22.0. The average Bonchev–Trinajstić information content (AvgIpc) is 2.92. The average molecular weight is 516 g/mol. The number of nitrogens with zero attached hydrogens (tertiary/aromatic N) is 2. The predicted octanol–water partition coefficient (Wildman–Crippen LogP) is 4.94. The van der Waals surface area contributed by atoms with Crippen LogP contribution in [0.1, 0.15) is 35.6 Å². The summed E-state index contributed by atoms with van der Waals surface area (Å²) in [6, 6.07) is 18.8. The van der Waals surface area contributed by atoms with Gasteiger partial charge >= 0.3 is 0 Å². The van der Waals surface area contributed by atoms with Gasteiger partial charge in [-0.2, -0.15) is 4.39 Å². The Bertz CT molecular complexity index is 1300. The number of amides is 1. The number of halogens is 1. The van der Waals surface area contributed by atoms with Crippen molar-refractivity contribution in [2.24, 2.45) is 0 Å². The van der Waals surface area contributed by atoms with Gasteiger partial charge in [0, 0.05) is 56.8 Å². The zero-order chi connectivity index (χ0) is 27.5. The Morgan fingerprint density at radius 1 is 1.11 bits per heavy atom. The molecule has 0 fully saturated rings. The number of carbonyl (C=O) groups excluding carboxylic acids is 1. The highest BCUT2D eigenvalue weighted by molar-refractivity contribution is 6.02. The second-order valence-corrected chi connectivity index (χ2v) is 8.76. The first-order chi connectivity index (χ1) is 18.3. The van der Waals surface area contributed by atoms with Crippen molar-refractivity contribution in [1.29, 1.82) is 5.41 Å². The summed E-state index contributed by atoms with van der Waals surface area (Å²) in [5.41, 5.74) is 10.8. The quantitative estimate of drug-likeness (QED) is 0.104. The lowest BCUT2D eigenvalue weighted by molar-refractivity contribution is -0.123. The summed E-state index contributed by atoms with van der Waals surface area (Å²) in [6.07, 6.45) is 5.77. The Morgan fingerprint density at radius 2 is 1.84 bits per heavy atom. The molecule has 0 bridgehead atoms. The van der Waals surface area contributed by atoms with E-state index in [4.69, 9.17) is 15.9 Å². The minimum Gasteiger partial charge on any atom is -0.476 e. The molecule has 0 spiro atoms. The molecule has 0 aliphatic rings. The number of aromatic nitrogens is 1. The molecule has 0 atom stereocenters. The molecule has 0 aliphatic carbocycles. The number of hydrogen-bond donors (Lipinski definition) is 3. The van der Waals surface area contributed by atoms with Crippen LogP contribution in [0.15, 0.2) is 79.0 Å². The molecule has 8 heteroatoms. The predicted molar refractivity (Wildman–Crippen MR) is 152 cm³/mol. The van der Waals surface area contributed by atoms with Crippen LogP contribution in [0.2, 0.25) is 0 Å². The maximum Gasteiger partial charge on any atom is 0.245 e. The molecule has 4 N–H and O–H groups in total. The highest BCUT2D eigenvalue weighted by Crippen LogP contribution is 2.35. The van der Waals surface area contributed by atoms with Crippen molar-refractivity contribution in [3.8, 4) is 5.88 Å². The van der Waals surface area contributed by atoms with Crippen LogP contribution in [0, 0.1) is 5.41 Å². The topological polar surface area (TPSA) is 104 Å². The molecule has 3 aromatic rings. The molecular weight excluding hydrogens is 481 g/mol. The van der Waals surface area contributed by atoms with Crippen molar-refractivity contribution in [3.05, 3.63) is 101 Å². The zero-order valence-corrected chi connectivity index (χ0v) is 22.0. The summed E-state index contributed by atoms with van der Waals surface area (Å²) >= 11 is 0. The number of ether oxygens (including phenoxy) is 1. The van der Waals surface area contributed by atoms with Crippen LogP contribution in [0.3, 0.4) is 0 Å². The van der Waals surface area contributed by atoms with Crippen LogP contribution in [-0.4, -0.2) is 55.5 Å². The lowest BCUT2D eigenvalue weighted by atomic mass is 9.88. The van der Waals surface area contributed by atoms with Gasteiger partial charge in [-0.15, -0.1) is 0 Å². The molecule has 7 nitrogen and oxygen atoms in total. The number of likely N-dealkylation sites (N-methyl/N-ethyl adjacent to an activating group) is 1. The molecule has 3 rings (SSSR count). The highest BCUT2D eigenvalue weighted by Gasteiger charge is 2.16. The molecule has 1 amide bonds. The van der Waals surface area contributed by atoms with E-state index in [0.29, 0.717) is 25.6 Å². The van der Waals surface area contributed by atoms with Crippen LogP contribution in [0.25, 0.3) is 11.1 Å². The monoisotopic (exact) mass is 515 g/mol. The number of anilines is 1. The van der Waals surface area contributed by atoms with Gasteiger partial charge in [-0.3, -0.25) is 10.2 Å². The van der Waals surface area contributed by atoms with Crippen molar-refractivity contribution in [1.82, 2.24) is 15.2 Å². The SMILES string of the molecule is CC/C(=C(/c1ccc(OCCNC/C=C/C(=O)N(C)C)nc1)c1ccc(N)c(C(=N)F)c1)c1ccccc1. The number of nitrogens with one attached hydrogen (secondary N) is 2. The number of allylic oxidation sites excluding steroid dienone is 1. The number of hydrogen-bond acceptors (Lipinski definition) is 6. The van der Waals surface area contributed by atoms with Crippen LogP contribution in [-0.2, 0) is 4.79 Å². The van der Waals surface area contributed by atoms with E-state index in [9.17, 15) is 9.18 Å². The van der Waals surface area contributed by atoms with Gasteiger partial charge in [0.25, 0.3) is 0 Å². The van der Waals surface area contributed by atoms with Crippen molar-refractivity contribution in [3.63, 3.8) is 0 Å². The molecule has 0 aliphatic heterocycles. The van der Waals surface area contributed by atoms with E-state index in [2.05, 4.69) is 17.2 Å². The van der Waals surface area contributed by atoms with E-state index in [-0.39, 0.29) is 17.2 Å². The Labute approximate surface area is 223 Å². The molecule has 0 saturated heterocycles. The van der Waals surface area contributed by atoms with Gasteiger partial charge in [0.15, 0.2) is 0 Å². The second-order valence-electron chi connectivity index (χ2n) is 8.76. The first-order valence-corrected chi connectivity index (χ1v) is 12.4. The van der Waals surface area contributed by atoms with Gasteiger partial charge in [-0.05, 0) is 46.9 Å². The summed E-state index contributed by atoms with van der Waals surface area (Å²) in [5.74, 6) is -0.649. The van der Waals surface area contributed by atoms with Crippen molar-refractivity contribution in [2.75, 3.05) is 39.5 Å². The van der Waals surface area contributed by atoms with Crippen LogP contribution < -0.4 is 15.8 Å². The summed E-state index contributed by atoms with van der Waals surface area (Å²) in [5, 5.41) is 10.7.